The summed E-state index contributed by atoms with van der Waals surface area (Å²) in [5.41, 5.74) is 0.0652. The summed E-state index contributed by atoms with van der Waals surface area (Å²) in [5.74, 6) is -1.29. The zero-order valence-electron chi connectivity index (χ0n) is 9.38. The molecule has 0 heterocycles. The van der Waals surface area contributed by atoms with Crippen LogP contribution in [0.5, 0.6) is 0 Å². The van der Waals surface area contributed by atoms with E-state index >= 15 is 0 Å². The van der Waals surface area contributed by atoms with Crippen molar-refractivity contribution in [3.05, 3.63) is 29.6 Å². The zero-order chi connectivity index (χ0) is 13.9. The Labute approximate surface area is 107 Å². The molecule has 2 nitrogen and oxygen atoms in total. The summed E-state index contributed by atoms with van der Waals surface area (Å²) in [5, 5.41) is 2.18. The Morgan fingerprint density at radius 2 is 2.06 bits per heavy atom. The fourth-order valence-corrected chi connectivity index (χ4v) is 1.57. The van der Waals surface area contributed by atoms with Crippen LogP contribution in [0.15, 0.2) is 23.1 Å². The minimum atomic E-state index is -4.34. The highest BCUT2D eigenvalue weighted by atomic mass is 32.1. The molecule has 0 aliphatic carbocycles. The lowest BCUT2D eigenvalue weighted by Gasteiger charge is -2.15. The number of benzene rings is 1. The number of thiol groups is 1. The van der Waals surface area contributed by atoms with Crippen LogP contribution in [-0.2, 0) is 0 Å². The first-order valence-electron chi connectivity index (χ1n) is 5.05. The van der Waals surface area contributed by atoms with Crippen LogP contribution < -0.4 is 5.32 Å². The predicted octanol–water partition coefficient (Wildman–Crippen LogP) is 3.19. The number of carbonyl (C=O) groups excluding carboxylic acids is 1. The summed E-state index contributed by atoms with van der Waals surface area (Å²) in [6, 6.07) is 2.33. The molecule has 0 aliphatic heterocycles. The van der Waals surface area contributed by atoms with Gasteiger partial charge >= 0.3 is 6.18 Å². The monoisotopic (exact) mass is 281 g/mol. The van der Waals surface area contributed by atoms with E-state index in [1.165, 1.54) is 13.0 Å². The van der Waals surface area contributed by atoms with Gasteiger partial charge in [-0.2, -0.15) is 13.2 Å². The van der Waals surface area contributed by atoms with Crippen LogP contribution in [0.25, 0.3) is 0 Å². The number of hydrogen-bond donors (Lipinski definition) is 2. The van der Waals surface area contributed by atoms with Crippen LogP contribution >= 0.6 is 12.6 Å². The Morgan fingerprint density at radius 1 is 1.44 bits per heavy atom. The van der Waals surface area contributed by atoms with Crippen molar-refractivity contribution >= 4 is 18.5 Å². The van der Waals surface area contributed by atoms with Crippen molar-refractivity contribution in [2.24, 2.45) is 0 Å². The van der Waals surface area contributed by atoms with E-state index in [0.29, 0.717) is 0 Å². The average molecular weight is 281 g/mol. The Balaban J connectivity index is 2.68. The quantitative estimate of drug-likeness (QED) is 0.646. The molecule has 1 aromatic carbocycles. The summed E-state index contributed by atoms with van der Waals surface area (Å²) < 4.78 is 49.1. The first-order valence-corrected chi connectivity index (χ1v) is 5.50. The van der Waals surface area contributed by atoms with Crippen LogP contribution in [0.2, 0.25) is 0 Å². The van der Waals surface area contributed by atoms with Gasteiger partial charge in [0.15, 0.2) is 0 Å². The molecule has 100 valence electrons. The molecule has 7 heteroatoms. The molecule has 1 amide bonds. The van der Waals surface area contributed by atoms with Crippen LogP contribution in [0.4, 0.5) is 17.6 Å². The van der Waals surface area contributed by atoms with Crippen molar-refractivity contribution in [2.75, 3.05) is 0 Å². The normalized spacial score (nSPS) is 13.2. The lowest BCUT2D eigenvalue weighted by atomic mass is 10.1. The summed E-state index contributed by atoms with van der Waals surface area (Å²) in [4.78, 5) is 11.5. The Bertz CT molecular complexity index is 447. The van der Waals surface area contributed by atoms with Crippen molar-refractivity contribution in [3.8, 4) is 0 Å². The van der Waals surface area contributed by atoms with Gasteiger partial charge in [-0.1, -0.05) is 0 Å². The van der Waals surface area contributed by atoms with E-state index in [1.807, 2.05) is 0 Å². The SMILES string of the molecule is CC(CC(F)(F)F)NC(=O)c1ccc(F)c(S)c1. The second kappa shape index (κ2) is 5.60. The van der Waals surface area contributed by atoms with Gasteiger partial charge in [0.25, 0.3) is 5.91 Å². The lowest BCUT2D eigenvalue weighted by molar-refractivity contribution is -0.138. The second-order valence-corrected chi connectivity index (χ2v) is 4.34. The number of rotatable bonds is 3. The first-order chi connectivity index (χ1) is 8.19. The molecular formula is C11H11F4NOS. The van der Waals surface area contributed by atoms with Crippen molar-refractivity contribution < 1.29 is 22.4 Å². The minimum Gasteiger partial charge on any atom is -0.349 e. The van der Waals surface area contributed by atoms with Gasteiger partial charge in [-0.25, -0.2) is 4.39 Å². The molecule has 0 radical (unpaired) electrons. The van der Waals surface area contributed by atoms with Crippen LogP contribution in [0.1, 0.15) is 23.7 Å². The maximum absolute atomic E-state index is 12.9. The standard InChI is InChI=1S/C11H11F4NOS/c1-6(5-11(13,14)15)16-10(17)7-2-3-8(12)9(18)4-7/h2-4,6,18H,5H2,1H3,(H,16,17). The first kappa shape index (κ1) is 14.8. The maximum atomic E-state index is 12.9. The molecule has 0 aliphatic rings. The van der Waals surface area contributed by atoms with Crippen molar-refractivity contribution in [1.82, 2.24) is 5.32 Å². The zero-order valence-corrected chi connectivity index (χ0v) is 10.3. The maximum Gasteiger partial charge on any atom is 0.391 e. The molecule has 1 N–H and O–H groups in total. The fraction of sp³-hybridized carbons (Fsp3) is 0.364. The number of carbonyl (C=O) groups is 1. The highest BCUT2D eigenvalue weighted by molar-refractivity contribution is 7.80. The molecule has 1 rings (SSSR count). The Morgan fingerprint density at radius 3 is 2.56 bits per heavy atom. The van der Waals surface area contributed by atoms with Crippen molar-refractivity contribution in [1.29, 1.82) is 0 Å². The van der Waals surface area contributed by atoms with Gasteiger partial charge in [-0.15, -0.1) is 12.6 Å². The van der Waals surface area contributed by atoms with Gasteiger partial charge in [-0.05, 0) is 25.1 Å². The van der Waals surface area contributed by atoms with E-state index < -0.39 is 30.4 Å². The number of halogens is 4. The van der Waals surface area contributed by atoms with Crippen molar-refractivity contribution in [2.45, 2.75) is 30.5 Å². The van der Waals surface area contributed by atoms with E-state index in [-0.39, 0.29) is 10.5 Å². The molecule has 0 aromatic heterocycles. The van der Waals surface area contributed by atoms with E-state index in [1.54, 1.807) is 0 Å². The summed E-state index contributed by atoms with van der Waals surface area (Å²) >= 11 is 3.79. The third-order valence-electron chi connectivity index (χ3n) is 2.12. The molecule has 1 atom stereocenters. The summed E-state index contributed by atoms with van der Waals surface area (Å²) in [7, 11) is 0. The molecule has 0 fully saturated rings. The van der Waals surface area contributed by atoms with Crippen LogP contribution in [-0.4, -0.2) is 18.1 Å². The van der Waals surface area contributed by atoms with E-state index in [9.17, 15) is 22.4 Å². The largest absolute Gasteiger partial charge is 0.391 e. The smallest absolute Gasteiger partial charge is 0.349 e. The van der Waals surface area contributed by atoms with Gasteiger partial charge in [0.1, 0.15) is 5.82 Å². The van der Waals surface area contributed by atoms with Gasteiger partial charge < -0.3 is 5.32 Å². The summed E-state index contributed by atoms with van der Waals surface area (Å²) in [6.45, 7) is 1.25. The van der Waals surface area contributed by atoms with Crippen molar-refractivity contribution in [3.63, 3.8) is 0 Å². The predicted molar refractivity (Wildman–Crippen MR) is 61.3 cm³/mol. The molecule has 0 saturated heterocycles. The van der Waals surface area contributed by atoms with E-state index in [0.717, 1.165) is 12.1 Å². The molecule has 1 unspecified atom stereocenters. The van der Waals surface area contributed by atoms with E-state index in [4.69, 9.17) is 0 Å². The molecule has 0 bridgehead atoms. The van der Waals surface area contributed by atoms with Gasteiger partial charge in [-0.3, -0.25) is 4.79 Å². The third-order valence-corrected chi connectivity index (χ3v) is 2.47. The second-order valence-electron chi connectivity index (χ2n) is 3.86. The fourth-order valence-electron chi connectivity index (χ4n) is 1.36. The summed E-state index contributed by atoms with van der Waals surface area (Å²) in [6.07, 6.45) is -5.46. The molecular weight excluding hydrogens is 270 g/mol. The molecule has 0 spiro atoms. The number of alkyl halides is 3. The van der Waals surface area contributed by atoms with Gasteiger partial charge in [0.2, 0.25) is 0 Å². The number of hydrogen-bond acceptors (Lipinski definition) is 2. The highest BCUT2D eigenvalue weighted by Crippen LogP contribution is 2.21. The average Bonchev–Trinajstić information content (AvgIpc) is 2.18. The highest BCUT2D eigenvalue weighted by Gasteiger charge is 2.30. The molecule has 0 saturated carbocycles. The number of nitrogens with one attached hydrogen (secondary N) is 1. The minimum absolute atomic E-state index is 0.0360. The van der Waals surface area contributed by atoms with Crippen LogP contribution in [0.3, 0.4) is 0 Å². The third kappa shape index (κ3) is 4.56. The van der Waals surface area contributed by atoms with Gasteiger partial charge in [0, 0.05) is 16.5 Å². The molecule has 18 heavy (non-hydrogen) atoms. The van der Waals surface area contributed by atoms with Gasteiger partial charge in [0.05, 0.1) is 6.42 Å². The topological polar surface area (TPSA) is 29.1 Å². The lowest BCUT2D eigenvalue weighted by Crippen LogP contribution is -2.35. The Kier molecular flexibility index (Phi) is 4.61. The Hall–Kier alpha value is -1.24. The number of amides is 1. The van der Waals surface area contributed by atoms with E-state index in [2.05, 4.69) is 17.9 Å². The molecule has 1 aromatic rings. The van der Waals surface area contributed by atoms with Crippen LogP contribution in [0, 0.1) is 5.82 Å².